The molecule has 7 atom stereocenters. The largest absolute Gasteiger partial charge is 0.481 e. The molecule has 3 N–H and O–H groups in total. The molecule has 0 unspecified atom stereocenters. The molecular formula is C31H42BN3O5. The maximum atomic E-state index is 13.5. The first-order chi connectivity index (χ1) is 18.9. The molecular weight excluding hydrogens is 505 g/mol. The Bertz CT molecular complexity index is 1240. The topological polar surface area (TPSA) is 110 Å². The number of pyridine rings is 1. The Morgan fingerprint density at radius 2 is 1.80 bits per heavy atom. The van der Waals surface area contributed by atoms with Gasteiger partial charge in [0.25, 0.3) is 5.91 Å². The Balaban J connectivity index is 1.29. The predicted molar refractivity (Wildman–Crippen MR) is 154 cm³/mol. The monoisotopic (exact) mass is 547 g/mol. The number of aliphatic hydroxyl groups is 1. The van der Waals surface area contributed by atoms with E-state index in [2.05, 4.69) is 50.2 Å². The minimum Gasteiger partial charge on any atom is -0.404 e. The third-order valence-electron chi connectivity index (χ3n) is 9.50. The Labute approximate surface area is 237 Å². The molecule has 1 saturated heterocycles. The van der Waals surface area contributed by atoms with Crippen molar-refractivity contribution in [1.82, 2.24) is 15.6 Å². The summed E-state index contributed by atoms with van der Waals surface area (Å²) in [7, 11) is -0.592. The highest BCUT2D eigenvalue weighted by molar-refractivity contribution is 6.48. The van der Waals surface area contributed by atoms with Crippen molar-refractivity contribution in [1.29, 1.82) is 0 Å². The van der Waals surface area contributed by atoms with Crippen LogP contribution in [-0.2, 0) is 14.1 Å². The van der Waals surface area contributed by atoms with Crippen LogP contribution in [0.4, 0.5) is 0 Å². The fraction of sp³-hybridized carbons (Fsp3) is 0.581. The van der Waals surface area contributed by atoms with Gasteiger partial charge >= 0.3 is 7.12 Å². The van der Waals surface area contributed by atoms with Gasteiger partial charge in [-0.15, -0.1) is 0 Å². The fourth-order valence-electron chi connectivity index (χ4n) is 7.07. The van der Waals surface area contributed by atoms with Crippen molar-refractivity contribution >= 4 is 18.9 Å². The number of rotatable bonds is 9. The summed E-state index contributed by atoms with van der Waals surface area (Å²) in [6.07, 6.45) is 3.18. The third-order valence-corrected chi connectivity index (χ3v) is 9.50. The molecule has 4 aliphatic rings. The number of nitrogens with zero attached hydrogens (tertiary/aromatic N) is 1. The third kappa shape index (κ3) is 5.31. The van der Waals surface area contributed by atoms with Crippen LogP contribution in [0.15, 0.2) is 48.7 Å². The lowest BCUT2D eigenvalue weighted by molar-refractivity contribution is -0.199. The number of benzene rings is 1. The summed E-state index contributed by atoms with van der Waals surface area (Å²) in [6, 6.07) is 12.0. The lowest BCUT2D eigenvalue weighted by atomic mass is 9.43. The van der Waals surface area contributed by atoms with Gasteiger partial charge in [-0.3, -0.25) is 14.6 Å². The van der Waals surface area contributed by atoms with Crippen molar-refractivity contribution in [3.05, 3.63) is 54.4 Å². The highest BCUT2D eigenvalue weighted by Gasteiger charge is 2.68. The first-order valence-electron chi connectivity index (χ1n) is 14.5. The highest BCUT2D eigenvalue weighted by atomic mass is 16.7. The van der Waals surface area contributed by atoms with E-state index in [1.54, 1.807) is 12.3 Å². The molecule has 214 valence electrons. The van der Waals surface area contributed by atoms with Gasteiger partial charge in [0.1, 0.15) is 11.7 Å². The maximum absolute atomic E-state index is 13.5. The first-order valence-corrected chi connectivity index (χ1v) is 14.5. The van der Waals surface area contributed by atoms with E-state index >= 15 is 0 Å². The number of aromatic nitrogens is 1. The number of aliphatic hydroxyl groups excluding tert-OH is 1. The predicted octanol–water partition coefficient (Wildman–Crippen LogP) is 4.03. The van der Waals surface area contributed by atoms with Crippen LogP contribution in [0.25, 0.3) is 11.1 Å². The van der Waals surface area contributed by atoms with Gasteiger partial charge in [-0.05, 0) is 79.5 Å². The van der Waals surface area contributed by atoms with E-state index in [-0.39, 0.29) is 23.1 Å². The molecule has 8 nitrogen and oxygen atoms in total. The molecule has 0 spiro atoms. The van der Waals surface area contributed by atoms with E-state index in [0.29, 0.717) is 18.3 Å². The number of hydrogen-bond acceptors (Lipinski definition) is 6. The van der Waals surface area contributed by atoms with E-state index in [4.69, 9.17) is 9.31 Å². The van der Waals surface area contributed by atoms with Gasteiger partial charge in [0.05, 0.1) is 23.8 Å². The van der Waals surface area contributed by atoms with Crippen molar-refractivity contribution in [2.45, 2.75) is 90.6 Å². The normalized spacial score (nSPS) is 28.7. The molecule has 1 aromatic heterocycles. The first kappa shape index (κ1) is 28.8. The van der Waals surface area contributed by atoms with Gasteiger partial charge in [0.2, 0.25) is 5.91 Å². The van der Waals surface area contributed by atoms with Crippen molar-refractivity contribution in [3.63, 3.8) is 0 Å². The van der Waals surface area contributed by atoms with E-state index < -0.39 is 42.6 Å². The summed E-state index contributed by atoms with van der Waals surface area (Å²) in [6.45, 7) is 12.5. The van der Waals surface area contributed by atoms with Gasteiger partial charge in [0, 0.05) is 6.20 Å². The molecule has 2 heterocycles. The van der Waals surface area contributed by atoms with Crippen LogP contribution >= 0.6 is 0 Å². The maximum Gasteiger partial charge on any atom is 0.481 e. The minimum absolute atomic E-state index is 0.00364. The average molecular weight is 548 g/mol. The number of carbonyl (C=O) groups is 2. The second-order valence-corrected chi connectivity index (χ2v) is 13.1. The lowest BCUT2D eigenvalue weighted by Gasteiger charge is -2.64. The molecule has 3 saturated carbocycles. The van der Waals surface area contributed by atoms with Crippen LogP contribution in [0, 0.1) is 23.2 Å². The minimum atomic E-state index is -1.17. The number of nitrogens with one attached hydrogen (secondary N) is 2. The Morgan fingerprint density at radius 3 is 2.45 bits per heavy atom. The van der Waals surface area contributed by atoms with E-state index in [1.165, 1.54) is 6.92 Å². The quantitative estimate of drug-likeness (QED) is 0.409. The average Bonchev–Trinajstić information content (AvgIpc) is 3.28. The van der Waals surface area contributed by atoms with Crippen LogP contribution < -0.4 is 10.6 Å². The summed E-state index contributed by atoms with van der Waals surface area (Å²) in [5.74, 6) is -0.138. The van der Waals surface area contributed by atoms with E-state index in [0.717, 1.165) is 24.0 Å². The molecule has 1 aliphatic heterocycles. The van der Waals surface area contributed by atoms with Gasteiger partial charge in [-0.2, -0.15) is 0 Å². The fourth-order valence-corrected chi connectivity index (χ4v) is 7.07. The second-order valence-electron chi connectivity index (χ2n) is 13.1. The summed E-state index contributed by atoms with van der Waals surface area (Å²) >= 11 is 0. The molecule has 2 bridgehead atoms. The lowest BCUT2D eigenvalue weighted by Crippen LogP contribution is -2.65. The molecule has 2 aromatic rings. The van der Waals surface area contributed by atoms with Gasteiger partial charge in [0.15, 0.2) is 0 Å². The number of hydrogen-bond donors (Lipinski definition) is 3. The number of carbonyl (C=O) groups excluding carboxylic acids is 2. The summed E-state index contributed by atoms with van der Waals surface area (Å²) < 4.78 is 13.1. The molecule has 1 aromatic carbocycles. The molecule has 6 rings (SSSR count). The van der Waals surface area contributed by atoms with Gasteiger partial charge < -0.3 is 25.0 Å². The molecule has 0 radical (unpaired) electrons. The summed E-state index contributed by atoms with van der Waals surface area (Å²) in [5, 5.41) is 16.3. The van der Waals surface area contributed by atoms with E-state index in [9.17, 15) is 14.7 Å². The molecule has 4 fully saturated rings. The highest BCUT2D eigenvalue weighted by Crippen LogP contribution is 2.65. The number of amides is 2. The second kappa shape index (κ2) is 10.9. The van der Waals surface area contributed by atoms with Crippen LogP contribution in [0.2, 0.25) is 0 Å². The smallest absolute Gasteiger partial charge is 0.404 e. The summed E-state index contributed by atoms with van der Waals surface area (Å²) in [5.41, 5.74) is 1.78. The van der Waals surface area contributed by atoms with Crippen LogP contribution in [0.5, 0.6) is 0 Å². The molecule has 2 amide bonds. The Kier molecular flexibility index (Phi) is 7.85. The van der Waals surface area contributed by atoms with Crippen molar-refractivity contribution in [3.8, 4) is 11.1 Å². The van der Waals surface area contributed by atoms with Crippen molar-refractivity contribution in [2.24, 2.45) is 23.2 Å². The molecule has 3 aliphatic carbocycles. The zero-order chi connectivity index (χ0) is 28.8. The Morgan fingerprint density at radius 1 is 1.07 bits per heavy atom. The van der Waals surface area contributed by atoms with Crippen LogP contribution in [0.1, 0.15) is 71.3 Å². The standard InChI is InChI=1S/C31H42BN3O5/c1-18(2)14-26(32-39-25-17-22-16-24(30(22,4)5)31(25,6)40-32)34-29(38)27(19(3)36)35-28(37)23-15-21(12-13-33-23)20-10-8-7-9-11-20/h7-13,15,18-19,22,24-27,36H,14,16-17H2,1-6H3,(H,34,38)(H,35,37)/t19-,22-,24+,25-,26+,27+,31+/m1/s1. The molecule has 40 heavy (non-hydrogen) atoms. The van der Waals surface area contributed by atoms with Crippen LogP contribution in [0.3, 0.4) is 0 Å². The molecule has 9 heteroatoms. The zero-order valence-corrected chi connectivity index (χ0v) is 24.4. The summed E-state index contributed by atoms with van der Waals surface area (Å²) in [4.78, 5) is 30.9. The SMILES string of the molecule is CC(C)C[C@H](NC(=O)[C@@H](NC(=O)c1cc(-c2ccccc2)ccn1)[C@@H](C)O)B1O[C@@H]2C[C@H]3C[C@@H](C3(C)C)[C@]2(C)O1. The van der Waals surface area contributed by atoms with Gasteiger partial charge in [-0.25, -0.2) is 0 Å². The van der Waals surface area contributed by atoms with Crippen molar-refractivity contribution in [2.75, 3.05) is 0 Å². The van der Waals surface area contributed by atoms with Gasteiger partial charge in [-0.1, -0.05) is 58.0 Å². The van der Waals surface area contributed by atoms with E-state index in [1.807, 2.05) is 36.4 Å². The van der Waals surface area contributed by atoms with Crippen molar-refractivity contribution < 1.29 is 24.0 Å². The zero-order valence-electron chi connectivity index (χ0n) is 24.4. The van der Waals surface area contributed by atoms with Crippen LogP contribution in [-0.4, -0.2) is 58.8 Å². The Hall–Kier alpha value is -2.75.